The first-order valence-electron chi connectivity index (χ1n) is 6.30. The van der Waals surface area contributed by atoms with Crippen LogP contribution in [0.2, 0.25) is 0 Å². The molecule has 0 aliphatic heterocycles. The summed E-state index contributed by atoms with van der Waals surface area (Å²) < 4.78 is 10.8. The first-order chi connectivity index (χ1) is 9.56. The molecule has 2 heterocycles. The number of ether oxygens (including phenoxy) is 1. The fourth-order valence-corrected chi connectivity index (χ4v) is 1.68. The molecule has 0 fully saturated rings. The van der Waals surface area contributed by atoms with Crippen molar-refractivity contribution in [1.29, 1.82) is 0 Å². The largest absolute Gasteiger partial charge is 0.461 e. The van der Waals surface area contributed by atoms with E-state index >= 15 is 0 Å². The first kappa shape index (κ1) is 14.0. The van der Waals surface area contributed by atoms with Gasteiger partial charge in [0.1, 0.15) is 0 Å². The number of aryl methyl sites for hydroxylation is 2. The lowest BCUT2D eigenvalue weighted by Gasteiger charge is -2.03. The Hall–Kier alpha value is -2.44. The zero-order chi connectivity index (χ0) is 14.7. The molecule has 0 N–H and O–H groups in total. The summed E-state index contributed by atoms with van der Waals surface area (Å²) in [6, 6.07) is 3.03. The summed E-state index contributed by atoms with van der Waals surface area (Å²) in [5, 5.41) is 7.74. The van der Waals surface area contributed by atoms with Gasteiger partial charge in [0.2, 0.25) is 5.76 Å². The number of carbonyl (C=O) groups excluding carboxylic acids is 2. The maximum absolute atomic E-state index is 12.3. The molecule has 0 amide bonds. The van der Waals surface area contributed by atoms with Gasteiger partial charge in [0.05, 0.1) is 18.0 Å². The van der Waals surface area contributed by atoms with Gasteiger partial charge in [0.25, 0.3) is 0 Å². The van der Waals surface area contributed by atoms with Crippen molar-refractivity contribution in [3.63, 3.8) is 0 Å². The van der Waals surface area contributed by atoms with Crippen LogP contribution in [0, 0.1) is 6.92 Å². The van der Waals surface area contributed by atoms with Gasteiger partial charge in [0, 0.05) is 6.07 Å². The Morgan fingerprint density at radius 3 is 2.65 bits per heavy atom. The lowest BCUT2D eigenvalue weighted by Crippen LogP contribution is -2.20. The van der Waals surface area contributed by atoms with E-state index < -0.39 is 11.9 Å². The van der Waals surface area contributed by atoms with Gasteiger partial charge in [-0.25, -0.2) is 4.79 Å². The summed E-state index contributed by atoms with van der Waals surface area (Å²) in [7, 11) is 0. The Morgan fingerprint density at radius 1 is 1.35 bits per heavy atom. The third-order valence-electron chi connectivity index (χ3n) is 2.64. The van der Waals surface area contributed by atoms with Gasteiger partial charge in [-0.2, -0.15) is 9.78 Å². The van der Waals surface area contributed by atoms with Crippen LogP contribution < -0.4 is 0 Å². The molecule has 0 bridgehead atoms. The lowest BCUT2D eigenvalue weighted by atomic mass is 10.3. The minimum Gasteiger partial charge on any atom is -0.461 e. The second-order valence-corrected chi connectivity index (χ2v) is 4.14. The summed E-state index contributed by atoms with van der Waals surface area (Å²) in [4.78, 5) is 24.1. The molecular formula is C13H15N3O4. The van der Waals surface area contributed by atoms with E-state index in [4.69, 9.17) is 9.26 Å². The molecular weight excluding hydrogens is 262 g/mol. The predicted molar refractivity (Wildman–Crippen MR) is 68.5 cm³/mol. The Bertz CT molecular complexity index is 642. The van der Waals surface area contributed by atoms with E-state index in [1.54, 1.807) is 19.9 Å². The molecule has 7 nitrogen and oxygen atoms in total. The topological polar surface area (TPSA) is 87.2 Å². The molecule has 0 aliphatic rings. The second kappa shape index (κ2) is 5.68. The molecule has 0 saturated carbocycles. The van der Waals surface area contributed by atoms with E-state index in [2.05, 4.69) is 10.3 Å². The highest BCUT2D eigenvalue weighted by Gasteiger charge is 2.24. The monoisotopic (exact) mass is 277 g/mol. The van der Waals surface area contributed by atoms with Crippen LogP contribution in [-0.2, 0) is 11.2 Å². The number of hydrogen-bond acceptors (Lipinski definition) is 6. The molecule has 0 aromatic carbocycles. The van der Waals surface area contributed by atoms with Crippen LogP contribution in [-0.4, -0.2) is 33.4 Å². The van der Waals surface area contributed by atoms with E-state index in [1.165, 1.54) is 6.07 Å². The smallest absolute Gasteiger partial charge is 0.357 e. The molecule has 0 atom stereocenters. The van der Waals surface area contributed by atoms with Gasteiger partial charge in [-0.3, -0.25) is 4.79 Å². The van der Waals surface area contributed by atoms with Gasteiger partial charge < -0.3 is 9.26 Å². The normalized spacial score (nSPS) is 10.6. The fraction of sp³-hybridized carbons (Fsp3) is 0.385. The van der Waals surface area contributed by atoms with Gasteiger partial charge in [0.15, 0.2) is 5.69 Å². The van der Waals surface area contributed by atoms with E-state index in [-0.39, 0.29) is 18.1 Å². The quantitative estimate of drug-likeness (QED) is 0.789. The average molecular weight is 277 g/mol. The highest BCUT2D eigenvalue weighted by Crippen LogP contribution is 2.11. The zero-order valence-electron chi connectivity index (χ0n) is 11.5. The van der Waals surface area contributed by atoms with Crippen LogP contribution in [0.5, 0.6) is 0 Å². The van der Waals surface area contributed by atoms with E-state index in [1.807, 2.05) is 6.92 Å². The van der Waals surface area contributed by atoms with Crippen LogP contribution in [0.4, 0.5) is 0 Å². The van der Waals surface area contributed by atoms with Crippen molar-refractivity contribution < 1.29 is 18.8 Å². The summed E-state index contributed by atoms with van der Waals surface area (Å²) in [5.41, 5.74) is 1.29. The molecule has 2 rings (SSSR count). The Balaban J connectivity index is 2.41. The van der Waals surface area contributed by atoms with Crippen molar-refractivity contribution in [3.05, 3.63) is 35.0 Å². The fourth-order valence-electron chi connectivity index (χ4n) is 1.68. The SMILES string of the molecule is CCOC(=O)c1cc(CC)nn1C(=O)c1cc(C)no1. The molecule has 0 saturated heterocycles. The number of esters is 1. The minimum atomic E-state index is -0.593. The maximum atomic E-state index is 12.3. The van der Waals surface area contributed by atoms with Crippen LogP contribution in [0.15, 0.2) is 16.7 Å². The van der Waals surface area contributed by atoms with E-state index in [0.29, 0.717) is 17.8 Å². The summed E-state index contributed by atoms with van der Waals surface area (Å²) in [5.74, 6) is -1.11. The maximum Gasteiger partial charge on any atom is 0.357 e. The van der Waals surface area contributed by atoms with Crippen molar-refractivity contribution in [2.45, 2.75) is 27.2 Å². The lowest BCUT2D eigenvalue weighted by molar-refractivity contribution is 0.0506. The van der Waals surface area contributed by atoms with Crippen LogP contribution in [0.25, 0.3) is 0 Å². The third-order valence-corrected chi connectivity index (χ3v) is 2.64. The molecule has 20 heavy (non-hydrogen) atoms. The standard InChI is InChI=1S/C13H15N3O4/c1-4-9-7-10(13(18)19-5-2)16(14-9)12(17)11-6-8(3)15-20-11/h6-7H,4-5H2,1-3H3. The molecule has 0 spiro atoms. The van der Waals surface area contributed by atoms with Crippen molar-refractivity contribution in [1.82, 2.24) is 14.9 Å². The molecule has 2 aromatic heterocycles. The zero-order valence-corrected chi connectivity index (χ0v) is 11.5. The molecule has 2 aromatic rings. The second-order valence-electron chi connectivity index (χ2n) is 4.14. The van der Waals surface area contributed by atoms with Crippen LogP contribution in [0.1, 0.15) is 46.3 Å². The number of hydrogen-bond donors (Lipinski definition) is 0. The van der Waals surface area contributed by atoms with E-state index in [9.17, 15) is 9.59 Å². The summed E-state index contributed by atoms with van der Waals surface area (Å²) in [6.07, 6.45) is 0.599. The summed E-state index contributed by atoms with van der Waals surface area (Å²) >= 11 is 0. The summed E-state index contributed by atoms with van der Waals surface area (Å²) in [6.45, 7) is 5.50. The molecule has 0 aliphatic carbocycles. The molecule has 106 valence electrons. The Morgan fingerprint density at radius 2 is 2.10 bits per heavy atom. The van der Waals surface area contributed by atoms with Crippen LogP contribution in [0.3, 0.4) is 0 Å². The predicted octanol–water partition coefficient (Wildman–Crippen LogP) is 1.61. The minimum absolute atomic E-state index is 0.0267. The third kappa shape index (κ3) is 2.61. The highest BCUT2D eigenvalue weighted by molar-refractivity contribution is 5.99. The van der Waals surface area contributed by atoms with Crippen molar-refractivity contribution >= 4 is 11.9 Å². The van der Waals surface area contributed by atoms with Crippen molar-refractivity contribution in [3.8, 4) is 0 Å². The first-order valence-corrected chi connectivity index (χ1v) is 6.30. The van der Waals surface area contributed by atoms with Crippen molar-refractivity contribution in [2.75, 3.05) is 6.61 Å². The van der Waals surface area contributed by atoms with Gasteiger partial charge in [-0.15, -0.1) is 0 Å². The Labute approximate surface area is 115 Å². The number of rotatable bonds is 4. The van der Waals surface area contributed by atoms with E-state index in [0.717, 1.165) is 4.68 Å². The number of carbonyl (C=O) groups is 2. The highest BCUT2D eigenvalue weighted by atomic mass is 16.5. The number of aromatic nitrogens is 3. The molecule has 0 radical (unpaired) electrons. The van der Waals surface area contributed by atoms with Crippen LogP contribution >= 0.6 is 0 Å². The van der Waals surface area contributed by atoms with Gasteiger partial charge in [-0.05, 0) is 26.3 Å². The molecule has 0 unspecified atom stereocenters. The Kier molecular flexibility index (Phi) is 3.97. The average Bonchev–Trinajstić information content (AvgIpc) is 3.04. The molecule has 7 heteroatoms. The van der Waals surface area contributed by atoms with Gasteiger partial charge in [-0.1, -0.05) is 12.1 Å². The van der Waals surface area contributed by atoms with Crippen molar-refractivity contribution in [2.24, 2.45) is 0 Å². The number of nitrogens with zero attached hydrogens (tertiary/aromatic N) is 3. The van der Waals surface area contributed by atoms with Gasteiger partial charge >= 0.3 is 11.9 Å².